The van der Waals surface area contributed by atoms with Crippen LogP contribution in [0.2, 0.25) is 0 Å². The maximum absolute atomic E-state index is 12.5. The van der Waals surface area contributed by atoms with Crippen LogP contribution in [0.4, 0.5) is 4.79 Å². The molecule has 0 radical (unpaired) electrons. The predicted octanol–water partition coefficient (Wildman–Crippen LogP) is 2.12. The number of carbonyl (C=O) groups is 2. The number of aliphatic carboxylic acids is 1. The molecule has 1 aliphatic rings. The highest BCUT2D eigenvalue weighted by Gasteiger charge is 2.43. The van der Waals surface area contributed by atoms with Crippen molar-refractivity contribution in [3.8, 4) is 0 Å². The number of amides is 1. The molecule has 1 heterocycles. The van der Waals surface area contributed by atoms with Gasteiger partial charge in [0.25, 0.3) is 0 Å². The molecular weight excluding hydrogens is 360 g/mol. The van der Waals surface area contributed by atoms with E-state index < -0.39 is 28.3 Å². The Balaban J connectivity index is 2.04. The van der Waals surface area contributed by atoms with Gasteiger partial charge in [0, 0.05) is 6.54 Å². The van der Waals surface area contributed by atoms with Crippen LogP contribution in [0.1, 0.15) is 38.2 Å². The van der Waals surface area contributed by atoms with Gasteiger partial charge in [-0.2, -0.15) is 12.7 Å². The smallest absolute Gasteiger partial charge is 0.422 e. The number of benzene rings is 1. The molecule has 0 saturated carbocycles. The van der Waals surface area contributed by atoms with E-state index in [9.17, 15) is 23.1 Å². The average Bonchev–Trinajstić information content (AvgIpc) is 2.60. The lowest BCUT2D eigenvalue weighted by molar-refractivity contribution is -0.144. The van der Waals surface area contributed by atoms with Crippen LogP contribution >= 0.6 is 0 Å². The molecule has 9 heteroatoms. The fourth-order valence-corrected chi connectivity index (χ4v) is 4.54. The number of rotatable bonds is 7. The molecule has 0 bridgehead atoms. The van der Waals surface area contributed by atoms with Gasteiger partial charge in [0.05, 0.1) is 0 Å². The monoisotopic (exact) mass is 384 g/mol. The number of carboxylic acid groups (broad SMARTS) is 1. The zero-order chi connectivity index (χ0) is 19.2. The Kier molecular flexibility index (Phi) is 6.98. The van der Waals surface area contributed by atoms with E-state index in [-0.39, 0.29) is 19.1 Å². The van der Waals surface area contributed by atoms with Gasteiger partial charge in [0.2, 0.25) is 0 Å². The number of carboxylic acids is 1. The average molecular weight is 384 g/mol. The summed E-state index contributed by atoms with van der Waals surface area (Å²) in [5.74, 6) is -1.48. The van der Waals surface area contributed by atoms with E-state index in [1.807, 2.05) is 17.7 Å². The topological polar surface area (TPSA) is 113 Å². The van der Waals surface area contributed by atoms with Gasteiger partial charge in [0.1, 0.15) is 12.6 Å². The molecule has 26 heavy (non-hydrogen) atoms. The lowest BCUT2D eigenvalue weighted by atomic mass is 9.87. The second-order valence-corrected chi connectivity index (χ2v) is 7.88. The van der Waals surface area contributed by atoms with E-state index in [1.54, 1.807) is 24.3 Å². The van der Waals surface area contributed by atoms with Crippen molar-refractivity contribution in [2.75, 3.05) is 6.54 Å². The van der Waals surface area contributed by atoms with Gasteiger partial charge in [-0.15, -0.1) is 0 Å². The molecule has 0 aliphatic carbocycles. The van der Waals surface area contributed by atoms with Gasteiger partial charge in [0.15, 0.2) is 0 Å². The lowest BCUT2D eigenvalue weighted by Gasteiger charge is -2.37. The van der Waals surface area contributed by atoms with Gasteiger partial charge in [-0.3, -0.25) is 4.79 Å². The third-order valence-corrected chi connectivity index (χ3v) is 5.81. The number of nitrogens with one attached hydrogen (secondary N) is 1. The minimum Gasteiger partial charge on any atom is -0.480 e. The summed E-state index contributed by atoms with van der Waals surface area (Å²) >= 11 is 0. The van der Waals surface area contributed by atoms with Crippen LogP contribution in [0, 0.1) is 5.92 Å². The molecular formula is C17H24N2O6S. The van der Waals surface area contributed by atoms with Crippen molar-refractivity contribution < 1.29 is 27.9 Å². The first kappa shape index (κ1) is 20.2. The van der Waals surface area contributed by atoms with Crippen LogP contribution in [0.15, 0.2) is 30.3 Å². The maximum atomic E-state index is 12.5. The Morgan fingerprint density at radius 3 is 2.62 bits per heavy atom. The predicted molar refractivity (Wildman–Crippen MR) is 94.4 cm³/mol. The van der Waals surface area contributed by atoms with Crippen LogP contribution in [0.3, 0.4) is 0 Å². The molecule has 1 saturated heterocycles. The molecule has 2 atom stereocenters. The van der Waals surface area contributed by atoms with Crippen molar-refractivity contribution in [1.29, 1.82) is 0 Å². The highest BCUT2D eigenvalue weighted by Crippen LogP contribution is 2.29. The molecule has 1 fully saturated rings. The summed E-state index contributed by atoms with van der Waals surface area (Å²) in [6, 6.07) is 7.65. The molecule has 1 amide bonds. The van der Waals surface area contributed by atoms with E-state index in [0.29, 0.717) is 24.8 Å². The van der Waals surface area contributed by atoms with Gasteiger partial charge in [-0.25, -0.2) is 9.52 Å². The fourth-order valence-electron chi connectivity index (χ4n) is 3.23. The summed E-state index contributed by atoms with van der Waals surface area (Å²) < 4.78 is 32.6. The molecule has 0 spiro atoms. The van der Waals surface area contributed by atoms with Crippen LogP contribution in [-0.4, -0.2) is 42.5 Å². The van der Waals surface area contributed by atoms with Gasteiger partial charge in [-0.1, -0.05) is 43.7 Å². The molecule has 144 valence electrons. The van der Waals surface area contributed by atoms with Crippen molar-refractivity contribution >= 4 is 22.3 Å². The normalized spacial score (nSPS) is 21.1. The number of hydrogen-bond acceptors (Lipinski definition) is 5. The third-order valence-electron chi connectivity index (χ3n) is 4.36. The largest absolute Gasteiger partial charge is 0.480 e. The van der Waals surface area contributed by atoms with Crippen molar-refractivity contribution in [2.45, 2.75) is 45.3 Å². The third kappa shape index (κ3) is 5.18. The number of nitrogens with zero attached hydrogens (tertiary/aromatic N) is 1. The Bertz CT molecular complexity index is 720. The van der Waals surface area contributed by atoms with Crippen molar-refractivity contribution in [1.82, 2.24) is 9.03 Å². The van der Waals surface area contributed by atoms with Crippen LogP contribution in [0.25, 0.3) is 0 Å². The molecule has 1 aromatic carbocycles. The Morgan fingerprint density at radius 1 is 1.31 bits per heavy atom. The number of carbonyl (C=O) groups excluding carboxylic acids is 1. The number of ether oxygens (including phenoxy) is 1. The first-order valence-corrected chi connectivity index (χ1v) is 10.0. The van der Waals surface area contributed by atoms with E-state index in [1.165, 1.54) is 0 Å². The summed E-state index contributed by atoms with van der Waals surface area (Å²) in [6.07, 6.45) is 1.44. The quantitative estimate of drug-likeness (QED) is 0.744. The van der Waals surface area contributed by atoms with Gasteiger partial charge in [-0.05, 0) is 30.7 Å². The lowest BCUT2D eigenvalue weighted by Crippen LogP contribution is -2.56. The highest BCUT2D eigenvalue weighted by atomic mass is 32.2. The summed E-state index contributed by atoms with van der Waals surface area (Å²) in [4.78, 5) is 23.5. The first-order valence-electron chi connectivity index (χ1n) is 8.58. The maximum Gasteiger partial charge on any atom is 0.422 e. The van der Waals surface area contributed by atoms with E-state index in [4.69, 9.17) is 4.74 Å². The van der Waals surface area contributed by atoms with Crippen molar-refractivity contribution in [2.24, 2.45) is 5.92 Å². The first-order chi connectivity index (χ1) is 12.3. The molecule has 0 aromatic heterocycles. The van der Waals surface area contributed by atoms with Gasteiger partial charge >= 0.3 is 22.3 Å². The summed E-state index contributed by atoms with van der Waals surface area (Å²) in [5.41, 5.74) is 0.712. The molecule has 2 unspecified atom stereocenters. The van der Waals surface area contributed by atoms with Crippen LogP contribution in [0.5, 0.6) is 0 Å². The standard InChI is InChI=1S/C17H24N2O6S/c1-2-7-14-10-6-11-19(15(14)16(20)21)26(23,24)18-17(22)25-12-13-8-4-3-5-9-13/h3-5,8-9,14-15H,2,6-7,10-12H2,1H3,(H,18,22)(H,20,21). The van der Waals surface area contributed by atoms with E-state index in [0.717, 1.165) is 10.7 Å². The Labute approximate surface area is 153 Å². The van der Waals surface area contributed by atoms with Crippen molar-refractivity contribution in [3.05, 3.63) is 35.9 Å². The van der Waals surface area contributed by atoms with Gasteiger partial charge < -0.3 is 9.84 Å². The second-order valence-electron chi connectivity index (χ2n) is 6.25. The van der Waals surface area contributed by atoms with E-state index >= 15 is 0 Å². The van der Waals surface area contributed by atoms with Crippen LogP contribution < -0.4 is 4.72 Å². The zero-order valence-electron chi connectivity index (χ0n) is 14.6. The highest BCUT2D eigenvalue weighted by molar-refractivity contribution is 7.87. The van der Waals surface area contributed by atoms with Crippen molar-refractivity contribution in [3.63, 3.8) is 0 Å². The SMILES string of the molecule is CCCC1CCCN(S(=O)(=O)NC(=O)OCc2ccccc2)C1C(=O)O. The number of piperidine rings is 1. The summed E-state index contributed by atoms with van der Waals surface area (Å²) in [5, 5.41) is 9.51. The molecule has 8 nitrogen and oxygen atoms in total. The second kappa shape index (κ2) is 9.00. The summed E-state index contributed by atoms with van der Waals surface area (Å²) in [6.45, 7) is 1.90. The fraction of sp³-hybridized carbons (Fsp3) is 0.529. The minimum absolute atomic E-state index is 0.0540. The molecule has 1 aliphatic heterocycles. The Hall–Kier alpha value is -2.13. The van der Waals surface area contributed by atoms with E-state index in [2.05, 4.69) is 0 Å². The molecule has 2 N–H and O–H groups in total. The van der Waals surface area contributed by atoms with Crippen LogP contribution in [-0.2, 0) is 26.3 Å². The summed E-state index contributed by atoms with van der Waals surface area (Å²) in [7, 11) is -4.30. The Morgan fingerprint density at radius 2 is 2.00 bits per heavy atom. The zero-order valence-corrected chi connectivity index (χ0v) is 15.4. The minimum atomic E-state index is -4.30. The molecule has 1 aromatic rings. The molecule has 2 rings (SSSR count). The number of hydrogen-bond donors (Lipinski definition) is 2.